The Morgan fingerprint density at radius 3 is 2.86 bits per heavy atom. The Morgan fingerprint density at radius 1 is 1.45 bits per heavy atom. The van der Waals surface area contributed by atoms with Gasteiger partial charge in [0.05, 0.1) is 6.61 Å². The lowest BCUT2D eigenvalue weighted by Crippen LogP contribution is -2.46. The molecule has 0 bridgehead atoms. The molecule has 0 amide bonds. The van der Waals surface area contributed by atoms with Gasteiger partial charge in [-0.3, -0.25) is 9.69 Å². The summed E-state index contributed by atoms with van der Waals surface area (Å²) >= 11 is 6.17. The molecular weight excluding hydrogens is 302 g/mol. The SMILES string of the molecule is CCOc1ccc(Cl)cc1C(CC)N1CCCCC1C(=O)O. The quantitative estimate of drug-likeness (QED) is 0.854. The molecular formula is C17H24ClNO3. The number of ether oxygens (including phenoxy) is 1. The van der Waals surface area contributed by atoms with Crippen LogP contribution in [0.3, 0.4) is 0 Å². The first-order valence-electron chi connectivity index (χ1n) is 7.99. The van der Waals surface area contributed by atoms with Crippen molar-refractivity contribution in [1.29, 1.82) is 0 Å². The van der Waals surface area contributed by atoms with Crippen molar-refractivity contribution in [3.05, 3.63) is 28.8 Å². The van der Waals surface area contributed by atoms with Crippen molar-refractivity contribution >= 4 is 17.6 Å². The van der Waals surface area contributed by atoms with E-state index in [1.165, 1.54) is 0 Å². The van der Waals surface area contributed by atoms with Gasteiger partial charge < -0.3 is 9.84 Å². The molecule has 1 heterocycles. The van der Waals surface area contributed by atoms with Gasteiger partial charge in [-0.15, -0.1) is 0 Å². The summed E-state index contributed by atoms with van der Waals surface area (Å²) in [6.07, 6.45) is 3.53. The van der Waals surface area contributed by atoms with Gasteiger partial charge in [0.15, 0.2) is 0 Å². The number of nitrogens with zero attached hydrogens (tertiary/aromatic N) is 1. The van der Waals surface area contributed by atoms with Crippen LogP contribution < -0.4 is 4.74 Å². The highest BCUT2D eigenvalue weighted by atomic mass is 35.5. The Bertz CT molecular complexity index is 521. The summed E-state index contributed by atoms with van der Waals surface area (Å²) in [5.41, 5.74) is 0.991. The molecule has 22 heavy (non-hydrogen) atoms. The Kier molecular flexibility index (Phi) is 6.09. The maximum absolute atomic E-state index is 11.6. The van der Waals surface area contributed by atoms with E-state index in [-0.39, 0.29) is 6.04 Å². The van der Waals surface area contributed by atoms with Crippen molar-refractivity contribution in [3.63, 3.8) is 0 Å². The van der Waals surface area contributed by atoms with E-state index in [9.17, 15) is 9.90 Å². The zero-order valence-corrected chi connectivity index (χ0v) is 14.0. The molecule has 0 radical (unpaired) electrons. The molecule has 0 saturated carbocycles. The van der Waals surface area contributed by atoms with E-state index >= 15 is 0 Å². The third-order valence-electron chi connectivity index (χ3n) is 4.25. The number of carboxylic acid groups (broad SMARTS) is 1. The van der Waals surface area contributed by atoms with Gasteiger partial charge >= 0.3 is 5.97 Å². The number of rotatable bonds is 6. The first kappa shape index (κ1) is 17.1. The van der Waals surface area contributed by atoms with Gasteiger partial charge in [-0.2, -0.15) is 0 Å². The molecule has 4 nitrogen and oxygen atoms in total. The van der Waals surface area contributed by atoms with Crippen molar-refractivity contribution in [2.24, 2.45) is 0 Å². The smallest absolute Gasteiger partial charge is 0.320 e. The van der Waals surface area contributed by atoms with E-state index in [2.05, 4.69) is 11.8 Å². The molecule has 0 spiro atoms. The standard InChI is InChI=1S/C17H24ClNO3/c1-3-14(19-10-6-5-7-15(19)17(20)21)13-11-12(18)8-9-16(13)22-4-2/h8-9,11,14-15H,3-7,10H2,1-2H3,(H,20,21). The highest BCUT2D eigenvalue weighted by molar-refractivity contribution is 6.30. The predicted molar refractivity (Wildman–Crippen MR) is 87.6 cm³/mol. The van der Waals surface area contributed by atoms with Crippen LogP contribution in [-0.4, -0.2) is 35.2 Å². The fourth-order valence-corrected chi connectivity index (χ4v) is 3.47. The van der Waals surface area contributed by atoms with Gasteiger partial charge in [-0.05, 0) is 50.9 Å². The summed E-state index contributed by atoms with van der Waals surface area (Å²) in [5, 5.41) is 10.2. The van der Waals surface area contributed by atoms with Gasteiger partial charge in [0.1, 0.15) is 11.8 Å². The third kappa shape index (κ3) is 3.73. The molecule has 5 heteroatoms. The summed E-state index contributed by atoms with van der Waals surface area (Å²) in [7, 11) is 0. The van der Waals surface area contributed by atoms with E-state index < -0.39 is 12.0 Å². The lowest BCUT2D eigenvalue weighted by molar-refractivity contribution is -0.146. The van der Waals surface area contributed by atoms with Gasteiger partial charge in [-0.1, -0.05) is 24.9 Å². The summed E-state index contributed by atoms with van der Waals surface area (Å²) < 4.78 is 5.73. The van der Waals surface area contributed by atoms with Crippen LogP contribution in [0.4, 0.5) is 0 Å². The molecule has 1 aromatic carbocycles. The largest absolute Gasteiger partial charge is 0.494 e. The van der Waals surface area contributed by atoms with E-state index in [0.29, 0.717) is 18.1 Å². The maximum atomic E-state index is 11.6. The van der Waals surface area contributed by atoms with E-state index in [0.717, 1.165) is 37.1 Å². The van der Waals surface area contributed by atoms with Crippen molar-refractivity contribution in [2.75, 3.05) is 13.2 Å². The average molecular weight is 326 g/mol. The van der Waals surface area contributed by atoms with Crippen molar-refractivity contribution in [3.8, 4) is 5.75 Å². The molecule has 2 rings (SSSR count). The Balaban J connectivity index is 2.37. The minimum atomic E-state index is -0.738. The van der Waals surface area contributed by atoms with Crippen LogP contribution in [0.15, 0.2) is 18.2 Å². The summed E-state index contributed by atoms with van der Waals surface area (Å²) in [5.74, 6) is 0.0617. The first-order chi connectivity index (χ1) is 10.6. The van der Waals surface area contributed by atoms with Crippen LogP contribution in [0.1, 0.15) is 51.1 Å². The first-order valence-corrected chi connectivity index (χ1v) is 8.37. The van der Waals surface area contributed by atoms with Crippen molar-refractivity contribution < 1.29 is 14.6 Å². The van der Waals surface area contributed by atoms with Gasteiger partial charge in [0.25, 0.3) is 0 Å². The zero-order valence-electron chi connectivity index (χ0n) is 13.2. The van der Waals surface area contributed by atoms with Crippen LogP contribution >= 0.6 is 11.6 Å². The molecule has 1 aromatic rings. The fraction of sp³-hybridized carbons (Fsp3) is 0.588. The molecule has 1 saturated heterocycles. The number of benzene rings is 1. The number of carboxylic acids is 1. The van der Waals surface area contributed by atoms with Crippen molar-refractivity contribution in [1.82, 2.24) is 4.90 Å². The minimum absolute atomic E-state index is 0.0154. The monoisotopic (exact) mass is 325 g/mol. The van der Waals surface area contributed by atoms with E-state index in [1.807, 2.05) is 25.1 Å². The summed E-state index contributed by atoms with van der Waals surface area (Å²) in [4.78, 5) is 13.7. The van der Waals surface area contributed by atoms with Gasteiger partial charge in [-0.25, -0.2) is 0 Å². The highest BCUT2D eigenvalue weighted by Gasteiger charge is 2.34. The molecule has 1 aliphatic rings. The lowest BCUT2D eigenvalue weighted by Gasteiger charge is -2.39. The van der Waals surface area contributed by atoms with Crippen LogP contribution in [0, 0.1) is 0 Å². The number of aliphatic carboxylic acids is 1. The molecule has 2 atom stereocenters. The predicted octanol–water partition coefficient (Wildman–Crippen LogP) is 4.13. The zero-order chi connectivity index (χ0) is 16.1. The number of halogens is 1. The van der Waals surface area contributed by atoms with Crippen LogP contribution in [0.25, 0.3) is 0 Å². The van der Waals surface area contributed by atoms with Crippen LogP contribution in [0.2, 0.25) is 5.02 Å². The van der Waals surface area contributed by atoms with E-state index in [1.54, 1.807) is 0 Å². The number of piperidine rings is 1. The number of carbonyl (C=O) groups is 1. The Hall–Kier alpha value is -1.26. The molecule has 0 aromatic heterocycles. The molecule has 0 aliphatic carbocycles. The maximum Gasteiger partial charge on any atom is 0.320 e. The summed E-state index contributed by atoms with van der Waals surface area (Å²) in [6.45, 7) is 5.40. The topological polar surface area (TPSA) is 49.8 Å². The van der Waals surface area contributed by atoms with Gasteiger partial charge in [0, 0.05) is 16.6 Å². The van der Waals surface area contributed by atoms with Gasteiger partial charge in [0.2, 0.25) is 0 Å². The van der Waals surface area contributed by atoms with Crippen molar-refractivity contribution in [2.45, 2.75) is 51.6 Å². The van der Waals surface area contributed by atoms with Crippen LogP contribution in [0.5, 0.6) is 5.75 Å². The minimum Gasteiger partial charge on any atom is -0.494 e. The molecule has 122 valence electrons. The third-order valence-corrected chi connectivity index (χ3v) is 4.48. The Morgan fingerprint density at radius 2 is 2.23 bits per heavy atom. The van der Waals surface area contributed by atoms with E-state index in [4.69, 9.17) is 16.3 Å². The molecule has 1 aliphatic heterocycles. The number of hydrogen-bond donors (Lipinski definition) is 1. The normalized spacial score (nSPS) is 20.6. The number of hydrogen-bond acceptors (Lipinski definition) is 3. The Labute approximate surface area is 137 Å². The lowest BCUT2D eigenvalue weighted by atomic mass is 9.94. The number of likely N-dealkylation sites (tertiary alicyclic amines) is 1. The van der Waals surface area contributed by atoms with Crippen LogP contribution in [-0.2, 0) is 4.79 Å². The second-order valence-corrected chi connectivity index (χ2v) is 6.06. The molecule has 1 N–H and O–H groups in total. The fourth-order valence-electron chi connectivity index (χ4n) is 3.29. The average Bonchev–Trinajstić information content (AvgIpc) is 2.51. The second-order valence-electron chi connectivity index (χ2n) is 5.63. The summed E-state index contributed by atoms with van der Waals surface area (Å²) in [6, 6.07) is 5.19. The second kappa shape index (κ2) is 7.84. The highest BCUT2D eigenvalue weighted by Crippen LogP contribution is 2.37. The molecule has 2 unspecified atom stereocenters. The molecule has 1 fully saturated rings.